The predicted molar refractivity (Wildman–Crippen MR) is 126 cm³/mol. The maximum Gasteiger partial charge on any atom is 0.513 e. The van der Waals surface area contributed by atoms with Crippen LogP contribution in [0.5, 0.6) is 11.5 Å². The maximum absolute atomic E-state index is 12.5. The zero-order valence-electron chi connectivity index (χ0n) is 21.2. The first-order chi connectivity index (χ1) is 17.2. The summed E-state index contributed by atoms with van der Waals surface area (Å²) >= 11 is 0. The molecule has 2 N–H and O–H groups in total. The fourth-order valence-electron chi connectivity index (χ4n) is 3.00. The number of methoxy groups -OCH3 is 1. The maximum atomic E-state index is 12.5. The van der Waals surface area contributed by atoms with Gasteiger partial charge in [0.1, 0.15) is 5.54 Å². The van der Waals surface area contributed by atoms with Crippen LogP contribution in [0.2, 0.25) is 0 Å². The molecular weight excluding hydrogens is 478 g/mol. The minimum absolute atomic E-state index is 0.0574. The lowest BCUT2D eigenvalue weighted by Gasteiger charge is -2.26. The van der Waals surface area contributed by atoms with Crippen molar-refractivity contribution in [2.24, 2.45) is 5.73 Å². The number of esters is 1. The van der Waals surface area contributed by atoms with Gasteiger partial charge in [0.15, 0.2) is 11.5 Å². The van der Waals surface area contributed by atoms with Crippen LogP contribution in [0.3, 0.4) is 0 Å². The average Bonchev–Trinajstić information content (AvgIpc) is 2.83. The molecule has 0 heterocycles. The van der Waals surface area contributed by atoms with Crippen molar-refractivity contribution in [3.05, 3.63) is 23.8 Å². The van der Waals surface area contributed by atoms with E-state index < -0.39 is 30.0 Å². The van der Waals surface area contributed by atoms with Crippen LogP contribution in [-0.2, 0) is 34.9 Å². The van der Waals surface area contributed by atoms with Crippen molar-refractivity contribution in [1.29, 1.82) is 0 Å². The molecule has 0 aliphatic rings. The smallest absolute Gasteiger partial charge is 0.468 e. The summed E-state index contributed by atoms with van der Waals surface area (Å²) in [6.45, 7) is 5.39. The van der Waals surface area contributed by atoms with Gasteiger partial charge in [-0.1, -0.05) is 25.8 Å². The minimum atomic E-state index is -1.60. The zero-order chi connectivity index (χ0) is 27.0. The van der Waals surface area contributed by atoms with Crippen LogP contribution >= 0.6 is 0 Å². The van der Waals surface area contributed by atoms with Crippen LogP contribution in [0.4, 0.5) is 14.4 Å². The van der Waals surface area contributed by atoms with Gasteiger partial charge in [-0.25, -0.2) is 14.4 Å². The van der Waals surface area contributed by atoms with Gasteiger partial charge in [-0.2, -0.15) is 0 Å². The first-order valence-corrected chi connectivity index (χ1v) is 11.7. The van der Waals surface area contributed by atoms with Crippen LogP contribution in [-0.4, -0.2) is 63.5 Å². The van der Waals surface area contributed by atoms with Crippen LogP contribution in [0.25, 0.3) is 0 Å². The molecule has 0 aliphatic heterocycles. The average molecular weight is 514 g/mol. The Balaban J connectivity index is 2.99. The Morgan fingerprint density at radius 1 is 0.806 bits per heavy atom. The quantitative estimate of drug-likeness (QED) is 0.166. The van der Waals surface area contributed by atoms with Crippen molar-refractivity contribution in [3.8, 4) is 11.5 Å². The second-order valence-corrected chi connectivity index (χ2v) is 7.58. The number of ether oxygens (including phenoxy) is 7. The Morgan fingerprint density at radius 3 is 2.00 bits per heavy atom. The Hall–Kier alpha value is -3.54. The number of nitrogens with two attached hydrogens (primary N) is 1. The fraction of sp³-hybridized carbons (Fsp3) is 0.583. The van der Waals surface area contributed by atoms with E-state index >= 15 is 0 Å². The van der Waals surface area contributed by atoms with Gasteiger partial charge in [0, 0.05) is 12.8 Å². The number of rotatable bonds is 14. The highest BCUT2D eigenvalue weighted by Gasteiger charge is 2.36. The molecule has 0 radical (unpaired) electrons. The summed E-state index contributed by atoms with van der Waals surface area (Å²) in [5.41, 5.74) is 5.16. The Kier molecular flexibility index (Phi) is 13.7. The number of unbranched alkanes of at least 4 members (excludes halogenated alkanes) is 2. The highest BCUT2D eigenvalue weighted by molar-refractivity contribution is 5.81. The molecule has 0 unspecified atom stereocenters. The molecule has 1 rings (SSSR count). The summed E-state index contributed by atoms with van der Waals surface area (Å²) in [4.78, 5) is 47.8. The second-order valence-electron chi connectivity index (χ2n) is 7.58. The Morgan fingerprint density at radius 2 is 1.42 bits per heavy atom. The molecule has 0 fully saturated rings. The summed E-state index contributed by atoms with van der Waals surface area (Å²) in [5, 5.41) is 0. The summed E-state index contributed by atoms with van der Waals surface area (Å²) in [5.74, 6) is -1.01. The van der Waals surface area contributed by atoms with Gasteiger partial charge in [0.05, 0.1) is 33.5 Å². The van der Waals surface area contributed by atoms with Gasteiger partial charge in [-0.3, -0.25) is 4.79 Å². The number of carbonyl (C=O) groups excluding carboxylic acids is 4. The van der Waals surface area contributed by atoms with E-state index in [9.17, 15) is 19.2 Å². The van der Waals surface area contributed by atoms with E-state index in [4.69, 9.17) is 38.9 Å². The summed E-state index contributed by atoms with van der Waals surface area (Å²) < 4.78 is 34.6. The molecule has 0 spiro atoms. The van der Waals surface area contributed by atoms with E-state index in [1.807, 2.05) is 6.92 Å². The Bertz CT molecular complexity index is 874. The van der Waals surface area contributed by atoms with E-state index in [1.54, 1.807) is 13.8 Å². The van der Waals surface area contributed by atoms with E-state index in [-0.39, 0.29) is 50.8 Å². The van der Waals surface area contributed by atoms with E-state index in [0.717, 1.165) is 19.3 Å². The first-order valence-electron chi connectivity index (χ1n) is 11.7. The molecule has 0 saturated heterocycles. The Labute approximate surface area is 210 Å². The van der Waals surface area contributed by atoms with Crippen LogP contribution < -0.4 is 15.2 Å². The van der Waals surface area contributed by atoms with Gasteiger partial charge in [0.25, 0.3) is 0 Å². The van der Waals surface area contributed by atoms with Crippen molar-refractivity contribution < 1.29 is 52.3 Å². The third-order valence-electron chi connectivity index (χ3n) is 4.77. The lowest BCUT2D eigenvalue weighted by molar-refractivity contribution is -0.147. The van der Waals surface area contributed by atoms with Crippen molar-refractivity contribution in [2.45, 2.75) is 58.4 Å². The molecule has 0 saturated carbocycles. The number of hydrogen-bond acceptors (Lipinski definition) is 12. The normalized spacial score (nSPS) is 12.0. The highest BCUT2D eigenvalue weighted by Crippen LogP contribution is 2.31. The van der Waals surface area contributed by atoms with Crippen molar-refractivity contribution in [1.82, 2.24) is 0 Å². The topological polar surface area (TPSA) is 159 Å². The lowest BCUT2D eigenvalue weighted by Crippen LogP contribution is -2.51. The van der Waals surface area contributed by atoms with Gasteiger partial charge in [-0.15, -0.1) is 0 Å². The second kappa shape index (κ2) is 16.2. The van der Waals surface area contributed by atoms with Crippen LogP contribution in [0.1, 0.15) is 52.0 Å². The predicted octanol–water partition coefficient (Wildman–Crippen LogP) is 3.90. The fourth-order valence-corrected chi connectivity index (χ4v) is 3.00. The molecule has 202 valence electrons. The summed E-state index contributed by atoms with van der Waals surface area (Å²) in [6.07, 6.45) is -0.430. The zero-order valence-corrected chi connectivity index (χ0v) is 21.2. The van der Waals surface area contributed by atoms with Gasteiger partial charge in [0.2, 0.25) is 0 Å². The van der Waals surface area contributed by atoms with Gasteiger partial charge < -0.3 is 38.9 Å². The van der Waals surface area contributed by atoms with Crippen LogP contribution in [0, 0.1) is 0 Å². The third kappa shape index (κ3) is 10.8. The standard InChI is InChI=1S/C24H35NO11/c1-5-8-9-13-33-21(27)34-14-12-24(25,20(26)30-4)16-17-10-11-18(35-22(28)31-6-2)19(15-17)36-23(29)32-7-3/h10-11,15H,5-9,12-14,16,25H2,1-4H3/t24-/m1/s1. The molecule has 0 amide bonds. The molecule has 0 bridgehead atoms. The largest absolute Gasteiger partial charge is 0.513 e. The molecule has 12 heteroatoms. The summed E-state index contributed by atoms with van der Waals surface area (Å²) in [7, 11) is 1.18. The number of carbonyl (C=O) groups is 4. The van der Waals surface area contributed by atoms with Crippen LogP contribution in [0.15, 0.2) is 18.2 Å². The molecule has 1 aromatic carbocycles. The number of hydrogen-bond donors (Lipinski definition) is 1. The highest BCUT2D eigenvalue weighted by atomic mass is 16.7. The van der Waals surface area contributed by atoms with Crippen molar-refractivity contribution in [2.75, 3.05) is 33.5 Å². The third-order valence-corrected chi connectivity index (χ3v) is 4.77. The van der Waals surface area contributed by atoms with Gasteiger partial charge in [-0.05, 0) is 38.0 Å². The van der Waals surface area contributed by atoms with E-state index in [2.05, 4.69) is 0 Å². The molecule has 1 aromatic rings. The van der Waals surface area contributed by atoms with E-state index in [0.29, 0.717) is 5.56 Å². The lowest BCUT2D eigenvalue weighted by atomic mass is 9.88. The molecular formula is C24H35NO11. The molecule has 0 aromatic heterocycles. The monoisotopic (exact) mass is 513 g/mol. The first kappa shape index (κ1) is 30.5. The molecule has 0 aliphatic carbocycles. The van der Waals surface area contributed by atoms with Gasteiger partial charge >= 0.3 is 24.4 Å². The minimum Gasteiger partial charge on any atom is -0.468 e. The molecule has 36 heavy (non-hydrogen) atoms. The van der Waals surface area contributed by atoms with Crippen molar-refractivity contribution >= 4 is 24.4 Å². The SMILES string of the molecule is CCCCCOC(=O)OCC[C@@](N)(Cc1ccc(OC(=O)OCC)c(OC(=O)OCC)c1)C(=O)OC. The van der Waals surface area contributed by atoms with E-state index in [1.165, 1.54) is 25.3 Å². The number of benzene rings is 1. The molecule has 12 nitrogen and oxygen atoms in total. The van der Waals surface area contributed by atoms with Crippen molar-refractivity contribution in [3.63, 3.8) is 0 Å². The molecule has 1 atom stereocenters. The summed E-state index contributed by atoms with van der Waals surface area (Å²) in [6, 6.07) is 4.22.